The van der Waals surface area contributed by atoms with Gasteiger partial charge in [-0.3, -0.25) is 9.59 Å². The Bertz CT molecular complexity index is 692. The van der Waals surface area contributed by atoms with E-state index in [-0.39, 0.29) is 35.8 Å². The van der Waals surface area contributed by atoms with Gasteiger partial charge in [0.25, 0.3) is 5.91 Å². The van der Waals surface area contributed by atoms with E-state index in [1.54, 1.807) is 6.92 Å². The molecule has 0 radical (unpaired) electrons. The second kappa shape index (κ2) is 7.76. The number of piperidine rings is 1. The van der Waals surface area contributed by atoms with Gasteiger partial charge in [-0.1, -0.05) is 0 Å². The molecule has 1 amide bonds. The largest absolute Gasteiger partial charge is 0.466 e. The summed E-state index contributed by atoms with van der Waals surface area (Å²) in [6, 6.07) is 5.82. The first-order valence-corrected chi connectivity index (χ1v) is 9.33. The first-order chi connectivity index (χ1) is 11.4. The van der Waals surface area contributed by atoms with Crippen molar-refractivity contribution in [3.8, 4) is 0 Å². The molecule has 1 saturated heterocycles. The zero-order valence-corrected chi connectivity index (χ0v) is 14.6. The Balaban J connectivity index is 2.06. The van der Waals surface area contributed by atoms with Crippen LogP contribution in [0.2, 0.25) is 0 Å². The van der Waals surface area contributed by atoms with Crippen LogP contribution in [0.5, 0.6) is 0 Å². The van der Waals surface area contributed by atoms with Crippen molar-refractivity contribution in [1.82, 2.24) is 9.62 Å². The Morgan fingerprint density at radius 2 is 1.79 bits per heavy atom. The second-order valence-electron chi connectivity index (χ2n) is 5.53. The van der Waals surface area contributed by atoms with Crippen LogP contribution >= 0.6 is 0 Å². The molecule has 1 aromatic rings. The van der Waals surface area contributed by atoms with Crippen molar-refractivity contribution in [3.63, 3.8) is 0 Å². The number of hydrogen-bond donors (Lipinski definition) is 1. The van der Waals surface area contributed by atoms with E-state index in [1.807, 2.05) is 0 Å². The van der Waals surface area contributed by atoms with Crippen LogP contribution in [-0.4, -0.2) is 51.3 Å². The number of carbonyl (C=O) groups excluding carboxylic acids is 2. The molecule has 0 atom stereocenters. The number of rotatable bonds is 5. The summed E-state index contributed by atoms with van der Waals surface area (Å²) in [5.74, 6) is -0.772. The fraction of sp³-hybridized carbons (Fsp3) is 0.500. The maximum Gasteiger partial charge on any atom is 0.309 e. The molecule has 0 spiro atoms. The van der Waals surface area contributed by atoms with Gasteiger partial charge in [-0.2, -0.15) is 4.31 Å². The number of benzene rings is 1. The van der Waals surface area contributed by atoms with E-state index in [0.29, 0.717) is 25.0 Å². The molecule has 0 unspecified atom stereocenters. The molecule has 1 N–H and O–H groups in total. The summed E-state index contributed by atoms with van der Waals surface area (Å²) in [5.41, 5.74) is 0.400. The van der Waals surface area contributed by atoms with Gasteiger partial charge in [-0.25, -0.2) is 8.42 Å². The maximum atomic E-state index is 12.6. The molecule has 132 valence electrons. The van der Waals surface area contributed by atoms with Crippen LogP contribution < -0.4 is 5.32 Å². The molecule has 1 aliphatic rings. The lowest BCUT2D eigenvalue weighted by atomic mass is 9.98. The van der Waals surface area contributed by atoms with E-state index in [4.69, 9.17) is 4.74 Å². The first-order valence-electron chi connectivity index (χ1n) is 7.89. The van der Waals surface area contributed by atoms with E-state index in [9.17, 15) is 18.0 Å². The molecule has 7 nitrogen and oxygen atoms in total. The summed E-state index contributed by atoms with van der Waals surface area (Å²) in [4.78, 5) is 23.4. The molecule has 2 rings (SSSR count). The lowest BCUT2D eigenvalue weighted by Crippen LogP contribution is -2.40. The number of sulfonamides is 1. The average Bonchev–Trinajstić information content (AvgIpc) is 2.61. The molecular formula is C16H22N2O5S. The van der Waals surface area contributed by atoms with Crippen molar-refractivity contribution in [1.29, 1.82) is 0 Å². The zero-order chi connectivity index (χ0) is 17.7. The average molecular weight is 354 g/mol. The highest BCUT2D eigenvalue weighted by Gasteiger charge is 2.32. The Hall–Kier alpha value is -1.93. The molecule has 1 aliphatic heterocycles. The highest BCUT2D eigenvalue weighted by molar-refractivity contribution is 7.89. The number of carbonyl (C=O) groups is 2. The van der Waals surface area contributed by atoms with Gasteiger partial charge < -0.3 is 10.1 Å². The first kappa shape index (κ1) is 18.4. The lowest BCUT2D eigenvalue weighted by molar-refractivity contribution is -0.149. The van der Waals surface area contributed by atoms with Gasteiger partial charge in [-0.15, -0.1) is 0 Å². The number of amides is 1. The maximum absolute atomic E-state index is 12.6. The van der Waals surface area contributed by atoms with Crippen LogP contribution in [0.25, 0.3) is 0 Å². The smallest absolute Gasteiger partial charge is 0.309 e. The fourth-order valence-corrected chi connectivity index (χ4v) is 4.13. The third kappa shape index (κ3) is 3.93. The van der Waals surface area contributed by atoms with E-state index in [2.05, 4.69) is 5.32 Å². The number of nitrogens with one attached hydrogen (secondary N) is 1. The van der Waals surface area contributed by atoms with Gasteiger partial charge in [0, 0.05) is 25.7 Å². The normalized spacial score (nSPS) is 16.6. The van der Waals surface area contributed by atoms with E-state index in [1.165, 1.54) is 35.6 Å². The Kier molecular flexibility index (Phi) is 5.95. The number of hydrogen-bond acceptors (Lipinski definition) is 5. The molecule has 0 aliphatic carbocycles. The van der Waals surface area contributed by atoms with Crippen LogP contribution in [0.4, 0.5) is 0 Å². The molecule has 0 bridgehead atoms. The summed E-state index contributed by atoms with van der Waals surface area (Å²) in [7, 11) is -2.11. The van der Waals surface area contributed by atoms with Gasteiger partial charge >= 0.3 is 5.97 Å². The molecular weight excluding hydrogens is 332 g/mol. The predicted molar refractivity (Wildman–Crippen MR) is 87.9 cm³/mol. The van der Waals surface area contributed by atoms with Crippen LogP contribution in [0.15, 0.2) is 29.2 Å². The summed E-state index contributed by atoms with van der Waals surface area (Å²) in [6.07, 6.45) is 0.906. The van der Waals surface area contributed by atoms with Crippen molar-refractivity contribution in [2.24, 2.45) is 5.92 Å². The minimum atomic E-state index is -3.62. The highest BCUT2D eigenvalue weighted by atomic mass is 32.2. The third-order valence-electron chi connectivity index (χ3n) is 4.06. The summed E-state index contributed by atoms with van der Waals surface area (Å²) < 4.78 is 31.7. The van der Waals surface area contributed by atoms with E-state index < -0.39 is 10.0 Å². The molecule has 1 fully saturated rings. The van der Waals surface area contributed by atoms with Crippen molar-refractivity contribution < 1.29 is 22.7 Å². The minimum absolute atomic E-state index is 0.143. The Labute approximate surface area is 142 Å². The Morgan fingerprint density at radius 3 is 2.29 bits per heavy atom. The van der Waals surface area contributed by atoms with Crippen molar-refractivity contribution in [2.75, 3.05) is 26.7 Å². The molecule has 1 heterocycles. The van der Waals surface area contributed by atoms with Gasteiger partial charge in [-0.05, 0) is 44.0 Å². The summed E-state index contributed by atoms with van der Waals surface area (Å²) in [5, 5.41) is 2.49. The van der Waals surface area contributed by atoms with Crippen molar-refractivity contribution in [2.45, 2.75) is 24.7 Å². The predicted octanol–water partition coefficient (Wildman–Crippen LogP) is 1.01. The van der Waals surface area contributed by atoms with E-state index in [0.717, 1.165) is 0 Å². The van der Waals surface area contributed by atoms with E-state index >= 15 is 0 Å². The van der Waals surface area contributed by atoms with Crippen LogP contribution in [-0.2, 0) is 19.6 Å². The summed E-state index contributed by atoms with van der Waals surface area (Å²) >= 11 is 0. The SMILES string of the molecule is CCOC(=O)C1CCN(S(=O)(=O)c2ccc(C(=O)NC)cc2)CC1. The Morgan fingerprint density at radius 1 is 1.21 bits per heavy atom. The third-order valence-corrected chi connectivity index (χ3v) is 5.97. The highest BCUT2D eigenvalue weighted by Crippen LogP contribution is 2.24. The standard InChI is InChI=1S/C16H22N2O5S/c1-3-23-16(20)13-8-10-18(11-9-13)24(21,22)14-6-4-12(5-7-14)15(19)17-2/h4-7,13H,3,8-11H2,1-2H3,(H,17,19). The van der Waals surface area contributed by atoms with Gasteiger partial charge in [0.15, 0.2) is 0 Å². The van der Waals surface area contributed by atoms with Crippen LogP contribution in [0.3, 0.4) is 0 Å². The molecule has 0 aromatic heterocycles. The monoisotopic (exact) mass is 354 g/mol. The van der Waals surface area contributed by atoms with Crippen LogP contribution in [0, 0.1) is 5.92 Å². The quantitative estimate of drug-likeness (QED) is 0.797. The number of ether oxygens (including phenoxy) is 1. The molecule has 8 heteroatoms. The number of nitrogens with zero attached hydrogens (tertiary/aromatic N) is 1. The molecule has 1 aromatic carbocycles. The van der Waals surface area contributed by atoms with Crippen molar-refractivity contribution >= 4 is 21.9 Å². The molecule has 0 saturated carbocycles. The lowest BCUT2D eigenvalue weighted by Gasteiger charge is -2.30. The fourth-order valence-electron chi connectivity index (χ4n) is 2.66. The zero-order valence-electron chi connectivity index (χ0n) is 13.8. The topological polar surface area (TPSA) is 92.8 Å². The van der Waals surface area contributed by atoms with Gasteiger partial charge in [0.1, 0.15) is 0 Å². The summed E-state index contributed by atoms with van der Waals surface area (Å²) in [6.45, 7) is 2.64. The van der Waals surface area contributed by atoms with Gasteiger partial charge in [0.05, 0.1) is 17.4 Å². The van der Waals surface area contributed by atoms with Crippen LogP contribution in [0.1, 0.15) is 30.1 Å². The number of esters is 1. The van der Waals surface area contributed by atoms with Gasteiger partial charge in [0.2, 0.25) is 10.0 Å². The molecule has 24 heavy (non-hydrogen) atoms. The minimum Gasteiger partial charge on any atom is -0.466 e. The van der Waals surface area contributed by atoms with Crippen molar-refractivity contribution in [3.05, 3.63) is 29.8 Å². The second-order valence-corrected chi connectivity index (χ2v) is 7.47.